The summed E-state index contributed by atoms with van der Waals surface area (Å²) in [6, 6.07) is 7.49. The number of aryl methyl sites for hydroxylation is 1. The Morgan fingerprint density at radius 1 is 1.24 bits per heavy atom. The van der Waals surface area contributed by atoms with Gasteiger partial charge in [0.2, 0.25) is 5.91 Å². The number of ketones is 1. The molecule has 2 rings (SSSR count). The van der Waals surface area contributed by atoms with Crippen LogP contribution in [0.1, 0.15) is 52.0 Å². The molecule has 1 aliphatic rings. The number of ether oxygens (including phenoxy) is 2. The van der Waals surface area contributed by atoms with Gasteiger partial charge in [-0.05, 0) is 43.9 Å². The monoisotopic (exact) mass is 401 g/mol. The third-order valence-electron chi connectivity index (χ3n) is 5.52. The lowest BCUT2D eigenvalue weighted by atomic mass is 9.71. The van der Waals surface area contributed by atoms with Gasteiger partial charge in [-0.25, -0.2) is 0 Å². The van der Waals surface area contributed by atoms with Crippen molar-refractivity contribution in [2.75, 3.05) is 12.4 Å². The van der Waals surface area contributed by atoms with Crippen LogP contribution < -0.4 is 5.32 Å². The zero-order chi connectivity index (χ0) is 21.6. The first kappa shape index (κ1) is 22.8. The molecule has 0 aliphatic carbocycles. The number of unbranched alkanes of at least 4 members (excludes halogenated alkanes) is 1. The molecule has 0 unspecified atom stereocenters. The Balaban J connectivity index is 2.18. The average Bonchev–Trinajstić information content (AvgIpc) is 2.70. The van der Waals surface area contributed by atoms with E-state index in [1.54, 1.807) is 6.92 Å². The van der Waals surface area contributed by atoms with Gasteiger partial charge in [-0.3, -0.25) is 14.4 Å². The number of rotatable bonds is 8. The van der Waals surface area contributed by atoms with Gasteiger partial charge in [0.1, 0.15) is 0 Å². The van der Waals surface area contributed by atoms with Crippen molar-refractivity contribution in [1.29, 1.82) is 0 Å². The fraction of sp³-hybridized carbons (Fsp3) is 0.522. The van der Waals surface area contributed by atoms with Crippen LogP contribution in [0.4, 0.5) is 5.69 Å². The molecule has 0 aromatic heterocycles. The van der Waals surface area contributed by atoms with Crippen LogP contribution >= 0.6 is 0 Å². The molecule has 29 heavy (non-hydrogen) atoms. The molecule has 0 saturated carbocycles. The number of amides is 1. The minimum Gasteiger partial charge on any atom is -0.468 e. The molecule has 1 fully saturated rings. The Morgan fingerprint density at radius 3 is 2.45 bits per heavy atom. The summed E-state index contributed by atoms with van der Waals surface area (Å²) in [5, 5.41) is 2.73. The van der Waals surface area contributed by atoms with E-state index in [2.05, 4.69) is 18.8 Å². The second-order valence-electron chi connectivity index (χ2n) is 7.72. The second kappa shape index (κ2) is 9.83. The van der Waals surface area contributed by atoms with Gasteiger partial charge in [0.25, 0.3) is 0 Å². The summed E-state index contributed by atoms with van der Waals surface area (Å²) in [6.45, 7) is 9.04. The van der Waals surface area contributed by atoms with Crippen LogP contribution in [0, 0.1) is 5.41 Å². The Morgan fingerprint density at radius 2 is 1.90 bits per heavy atom. The molecule has 0 bridgehead atoms. The molecule has 6 heteroatoms. The maximum absolute atomic E-state index is 13.1. The molecule has 1 aromatic carbocycles. The van der Waals surface area contributed by atoms with E-state index in [9.17, 15) is 14.4 Å². The normalized spacial score (nSPS) is 24.3. The lowest BCUT2D eigenvalue weighted by Crippen LogP contribution is -2.55. The first-order valence-electron chi connectivity index (χ1n) is 10.1. The molecule has 3 atom stereocenters. The fourth-order valence-corrected chi connectivity index (χ4v) is 3.72. The predicted molar refractivity (Wildman–Crippen MR) is 112 cm³/mol. The van der Waals surface area contributed by atoms with E-state index in [0.29, 0.717) is 24.8 Å². The lowest BCUT2D eigenvalue weighted by Gasteiger charge is -2.42. The van der Waals surface area contributed by atoms with Gasteiger partial charge in [-0.2, -0.15) is 0 Å². The molecule has 1 saturated heterocycles. The predicted octanol–water partition coefficient (Wildman–Crippen LogP) is 3.84. The molecule has 1 amide bonds. The summed E-state index contributed by atoms with van der Waals surface area (Å²) in [5.41, 5.74) is 0.699. The number of Topliss-reactive ketones (excluding diaryl/α,β-unsaturated/α-hetero) is 1. The topological polar surface area (TPSA) is 81.7 Å². The van der Waals surface area contributed by atoms with Crippen LogP contribution in [0.5, 0.6) is 0 Å². The van der Waals surface area contributed by atoms with E-state index < -0.39 is 17.5 Å². The Kier molecular flexibility index (Phi) is 7.73. The SMILES string of the molecule is C=C1C(=O)[C@](C)(C(=O)OC)[C@@H](CCc2ccc(NC(C)=O)cc2)O[C@H]1CCCC. The molecule has 1 N–H and O–H groups in total. The number of carbonyl (C=O) groups is 3. The van der Waals surface area contributed by atoms with Gasteiger partial charge in [0.15, 0.2) is 11.2 Å². The number of esters is 1. The van der Waals surface area contributed by atoms with Crippen molar-refractivity contribution in [3.8, 4) is 0 Å². The quantitative estimate of drug-likeness (QED) is 0.407. The van der Waals surface area contributed by atoms with Gasteiger partial charge >= 0.3 is 5.97 Å². The van der Waals surface area contributed by atoms with E-state index in [1.807, 2.05) is 24.3 Å². The van der Waals surface area contributed by atoms with Crippen LogP contribution in [0.15, 0.2) is 36.4 Å². The van der Waals surface area contributed by atoms with Gasteiger partial charge in [-0.15, -0.1) is 0 Å². The highest BCUT2D eigenvalue weighted by molar-refractivity contribution is 6.13. The maximum Gasteiger partial charge on any atom is 0.322 e. The Bertz CT molecular complexity index is 770. The van der Waals surface area contributed by atoms with Crippen LogP contribution in [0.3, 0.4) is 0 Å². The average molecular weight is 402 g/mol. The number of anilines is 1. The summed E-state index contributed by atoms with van der Waals surface area (Å²) < 4.78 is 11.2. The van der Waals surface area contributed by atoms with Crippen molar-refractivity contribution < 1.29 is 23.9 Å². The summed E-state index contributed by atoms with van der Waals surface area (Å²) in [5.74, 6) is -1.01. The zero-order valence-corrected chi connectivity index (χ0v) is 17.7. The Labute approximate surface area is 172 Å². The molecule has 1 heterocycles. The molecule has 0 radical (unpaired) electrons. The number of hydrogen-bond acceptors (Lipinski definition) is 5. The number of carbonyl (C=O) groups excluding carboxylic acids is 3. The molecular weight excluding hydrogens is 370 g/mol. The van der Waals surface area contributed by atoms with Crippen molar-refractivity contribution in [3.63, 3.8) is 0 Å². The van der Waals surface area contributed by atoms with Crippen LogP contribution in [-0.4, -0.2) is 37.0 Å². The van der Waals surface area contributed by atoms with E-state index in [1.165, 1.54) is 14.0 Å². The molecular formula is C23H31NO5. The van der Waals surface area contributed by atoms with Crippen LogP contribution in [0.2, 0.25) is 0 Å². The smallest absolute Gasteiger partial charge is 0.322 e. The van der Waals surface area contributed by atoms with E-state index in [-0.39, 0.29) is 17.8 Å². The minimum atomic E-state index is -1.40. The van der Waals surface area contributed by atoms with Crippen molar-refractivity contribution in [3.05, 3.63) is 42.0 Å². The highest BCUT2D eigenvalue weighted by atomic mass is 16.5. The summed E-state index contributed by atoms with van der Waals surface area (Å²) in [6.07, 6.45) is 2.77. The third kappa shape index (κ3) is 5.12. The fourth-order valence-electron chi connectivity index (χ4n) is 3.72. The standard InChI is InChI=1S/C23H31NO5/c1-6-7-8-19-15(2)21(26)23(4,22(27)28-5)20(29-19)14-11-17-9-12-18(13-10-17)24-16(3)25/h9-10,12-13,19-20H,2,6-8,11,14H2,1,3-5H3,(H,24,25)/t19-,20+,23+/m0/s1. The van der Waals surface area contributed by atoms with Crippen LogP contribution in [0.25, 0.3) is 0 Å². The lowest BCUT2D eigenvalue weighted by molar-refractivity contribution is -0.176. The molecule has 1 aromatic rings. The number of hydrogen-bond donors (Lipinski definition) is 1. The van der Waals surface area contributed by atoms with Gasteiger partial charge in [-0.1, -0.05) is 38.5 Å². The van der Waals surface area contributed by atoms with Gasteiger partial charge in [0, 0.05) is 18.2 Å². The highest BCUT2D eigenvalue weighted by Gasteiger charge is 2.55. The number of nitrogens with one attached hydrogen (secondary N) is 1. The van der Waals surface area contributed by atoms with E-state index >= 15 is 0 Å². The van der Waals surface area contributed by atoms with E-state index in [0.717, 1.165) is 24.1 Å². The number of benzene rings is 1. The molecule has 1 aliphatic heterocycles. The maximum atomic E-state index is 13.1. The van der Waals surface area contributed by atoms with Crippen molar-refractivity contribution in [2.24, 2.45) is 5.41 Å². The second-order valence-corrected chi connectivity index (χ2v) is 7.72. The van der Waals surface area contributed by atoms with E-state index in [4.69, 9.17) is 9.47 Å². The molecule has 6 nitrogen and oxygen atoms in total. The van der Waals surface area contributed by atoms with Gasteiger partial charge < -0.3 is 14.8 Å². The van der Waals surface area contributed by atoms with Crippen molar-refractivity contribution in [2.45, 2.75) is 65.1 Å². The Hall–Kier alpha value is -2.47. The molecule has 158 valence electrons. The first-order chi connectivity index (χ1) is 13.7. The number of methoxy groups -OCH3 is 1. The third-order valence-corrected chi connectivity index (χ3v) is 5.52. The summed E-state index contributed by atoms with van der Waals surface area (Å²) >= 11 is 0. The highest BCUT2D eigenvalue weighted by Crippen LogP contribution is 2.40. The van der Waals surface area contributed by atoms with Crippen molar-refractivity contribution >= 4 is 23.3 Å². The van der Waals surface area contributed by atoms with Crippen LogP contribution in [-0.2, 0) is 30.3 Å². The summed E-state index contributed by atoms with van der Waals surface area (Å²) in [7, 11) is 1.28. The zero-order valence-electron chi connectivity index (χ0n) is 17.7. The largest absolute Gasteiger partial charge is 0.468 e. The first-order valence-corrected chi connectivity index (χ1v) is 10.1. The van der Waals surface area contributed by atoms with Gasteiger partial charge in [0.05, 0.1) is 19.3 Å². The minimum absolute atomic E-state index is 0.126. The van der Waals surface area contributed by atoms with Crippen molar-refractivity contribution in [1.82, 2.24) is 0 Å². The summed E-state index contributed by atoms with van der Waals surface area (Å²) in [4.78, 5) is 36.7. The molecule has 0 spiro atoms.